The molecule has 1 aromatic rings. The molecular formula is C19H24FNO7. The fourth-order valence-corrected chi connectivity index (χ4v) is 2.02. The highest BCUT2D eigenvalue weighted by Crippen LogP contribution is 2.11. The van der Waals surface area contributed by atoms with Gasteiger partial charge < -0.3 is 19.5 Å². The average molecular weight is 397 g/mol. The van der Waals surface area contributed by atoms with Gasteiger partial charge in [-0.2, -0.15) is 0 Å². The zero-order valence-corrected chi connectivity index (χ0v) is 16.2. The Balaban J connectivity index is 2.77. The second-order valence-corrected chi connectivity index (χ2v) is 6.84. The normalized spacial score (nSPS) is 13.0. The summed E-state index contributed by atoms with van der Waals surface area (Å²) in [4.78, 5) is 47.5. The molecule has 9 heteroatoms. The maximum absolute atomic E-state index is 14.3. The van der Waals surface area contributed by atoms with Crippen molar-refractivity contribution in [1.82, 2.24) is 5.32 Å². The van der Waals surface area contributed by atoms with Crippen molar-refractivity contribution in [3.8, 4) is 0 Å². The summed E-state index contributed by atoms with van der Waals surface area (Å²) < 4.78 is 28.5. The molecule has 0 aliphatic rings. The molecule has 0 aromatic heterocycles. The minimum atomic E-state index is -2.69. The first-order valence-electron chi connectivity index (χ1n) is 8.48. The number of carbonyl (C=O) groups is 4. The Labute approximate surface area is 162 Å². The molecule has 154 valence electrons. The number of methoxy groups -OCH3 is 1. The maximum Gasteiger partial charge on any atom is 0.408 e. The van der Waals surface area contributed by atoms with Gasteiger partial charge in [-0.05, 0) is 26.3 Å². The van der Waals surface area contributed by atoms with Crippen LogP contribution in [0.2, 0.25) is 0 Å². The third-order valence-corrected chi connectivity index (χ3v) is 3.31. The standard InChI is InChI=1S/C19H24FNO7/c1-19(2,3)28-18(25)21-13(10-14(22)26-4)16(23)15(20)17(24)27-11-12-8-6-5-7-9-12/h5-9,13,15H,10-11H2,1-4H3,(H,21,25)/t13-,15?/m0/s1. The SMILES string of the molecule is COC(=O)C[C@H](NC(=O)OC(C)(C)C)C(=O)C(F)C(=O)OCc1ccccc1. The molecule has 28 heavy (non-hydrogen) atoms. The van der Waals surface area contributed by atoms with E-state index in [0.717, 1.165) is 7.11 Å². The number of alkyl halides is 1. The summed E-state index contributed by atoms with van der Waals surface area (Å²) in [5, 5.41) is 2.09. The number of nitrogens with one attached hydrogen (secondary N) is 1. The van der Waals surface area contributed by atoms with E-state index in [-0.39, 0.29) is 6.61 Å². The van der Waals surface area contributed by atoms with Crippen molar-refractivity contribution in [1.29, 1.82) is 0 Å². The predicted octanol–water partition coefficient (Wildman–Crippen LogP) is 2.09. The second-order valence-electron chi connectivity index (χ2n) is 6.84. The number of esters is 2. The van der Waals surface area contributed by atoms with Crippen LogP contribution in [-0.2, 0) is 35.2 Å². The van der Waals surface area contributed by atoms with E-state index in [4.69, 9.17) is 9.47 Å². The topological polar surface area (TPSA) is 108 Å². The third-order valence-electron chi connectivity index (χ3n) is 3.31. The Morgan fingerprint density at radius 1 is 1.11 bits per heavy atom. The van der Waals surface area contributed by atoms with Gasteiger partial charge in [-0.1, -0.05) is 30.3 Å². The summed E-state index contributed by atoms with van der Waals surface area (Å²) in [6.07, 6.45) is -4.39. The number of benzene rings is 1. The van der Waals surface area contributed by atoms with E-state index in [1.165, 1.54) is 0 Å². The Morgan fingerprint density at radius 3 is 2.25 bits per heavy atom. The summed E-state index contributed by atoms with van der Waals surface area (Å²) in [6, 6.07) is 6.84. The van der Waals surface area contributed by atoms with Crippen LogP contribution in [0.5, 0.6) is 0 Å². The van der Waals surface area contributed by atoms with Crippen molar-refractivity contribution >= 4 is 23.8 Å². The minimum absolute atomic E-state index is 0.228. The lowest BCUT2D eigenvalue weighted by Crippen LogP contribution is -2.49. The van der Waals surface area contributed by atoms with Gasteiger partial charge >= 0.3 is 18.0 Å². The molecule has 0 heterocycles. The molecule has 0 saturated heterocycles. The molecule has 8 nitrogen and oxygen atoms in total. The van der Waals surface area contributed by atoms with Crippen LogP contribution in [0.3, 0.4) is 0 Å². The molecule has 0 radical (unpaired) electrons. The number of alkyl carbamates (subject to hydrolysis) is 1. The highest BCUT2D eigenvalue weighted by atomic mass is 19.1. The highest BCUT2D eigenvalue weighted by molar-refractivity contribution is 6.06. The summed E-state index contributed by atoms with van der Waals surface area (Å²) in [7, 11) is 1.07. The smallest absolute Gasteiger partial charge is 0.408 e. The van der Waals surface area contributed by atoms with Gasteiger partial charge in [0.1, 0.15) is 18.2 Å². The quantitative estimate of drug-likeness (QED) is 0.406. The Morgan fingerprint density at radius 2 is 1.71 bits per heavy atom. The van der Waals surface area contributed by atoms with Crippen LogP contribution < -0.4 is 5.32 Å². The predicted molar refractivity (Wildman–Crippen MR) is 95.9 cm³/mol. The van der Waals surface area contributed by atoms with E-state index < -0.39 is 48.1 Å². The number of hydrogen-bond acceptors (Lipinski definition) is 7. The van der Waals surface area contributed by atoms with Gasteiger partial charge in [0.25, 0.3) is 6.17 Å². The van der Waals surface area contributed by atoms with Crippen LogP contribution in [0.15, 0.2) is 30.3 Å². The van der Waals surface area contributed by atoms with Crippen LogP contribution >= 0.6 is 0 Å². The molecule has 0 aliphatic carbocycles. The number of amides is 1. The van der Waals surface area contributed by atoms with Gasteiger partial charge in [-0.25, -0.2) is 14.0 Å². The van der Waals surface area contributed by atoms with Gasteiger partial charge in [0.05, 0.1) is 13.5 Å². The minimum Gasteiger partial charge on any atom is -0.469 e. The largest absolute Gasteiger partial charge is 0.469 e. The molecule has 2 atom stereocenters. The van der Waals surface area contributed by atoms with Crippen LogP contribution in [0.1, 0.15) is 32.8 Å². The second kappa shape index (κ2) is 10.4. The molecule has 0 spiro atoms. The van der Waals surface area contributed by atoms with Crippen LogP contribution in [-0.4, -0.2) is 48.7 Å². The first-order valence-corrected chi connectivity index (χ1v) is 8.48. The molecule has 0 fully saturated rings. The Hall–Kier alpha value is -2.97. The molecule has 0 bridgehead atoms. The molecule has 0 saturated carbocycles. The zero-order chi connectivity index (χ0) is 21.3. The van der Waals surface area contributed by atoms with E-state index in [1.807, 2.05) is 0 Å². The highest BCUT2D eigenvalue weighted by Gasteiger charge is 2.36. The molecule has 0 aliphatic heterocycles. The van der Waals surface area contributed by atoms with Gasteiger partial charge in [-0.3, -0.25) is 9.59 Å². The van der Waals surface area contributed by atoms with E-state index >= 15 is 0 Å². The Bertz CT molecular complexity index is 700. The summed E-state index contributed by atoms with van der Waals surface area (Å²) in [5.74, 6) is -3.64. The van der Waals surface area contributed by atoms with Crippen molar-refractivity contribution in [2.75, 3.05) is 7.11 Å². The van der Waals surface area contributed by atoms with Crippen molar-refractivity contribution in [2.24, 2.45) is 0 Å². The summed E-state index contributed by atoms with van der Waals surface area (Å²) in [6.45, 7) is 4.53. The molecule has 1 rings (SSSR count). The number of Topliss-reactive ketones (excluding diaryl/α,β-unsaturated/α-hetero) is 1. The van der Waals surface area contributed by atoms with Gasteiger partial charge in [0.15, 0.2) is 0 Å². The summed E-state index contributed by atoms with van der Waals surface area (Å²) in [5.41, 5.74) is -0.277. The van der Waals surface area contributed by atoms with Crippen molar-refractivity contribution in [3.05, 3.63) is 35.9 Å². The van der Waals surface area contributed by atoms with Crippen LogP contribution in [0.25, 0.3) is 0 Å². The number of halogens is 1. The number of ketones is 1. The van der Waals surface area contributed by atoms with Gasteiger partial charge in [0, 0.05) is 0 Å². The first-order chi connectivity index (χ1) is 13.0. The van der Waals surface area contributed by atoms with Gasteiger partial charge in [0.2, 0.25) is 5.78 Å². The lowest BCUT2D eigenvalue weighted by atomic mass is 10.1. The lowest BCUT2D eigenvalue weighted by molar-refractivity contribution is -0.156. The van der Waals surface area contributed by atoms with Gasteiger partial charge in [-0.15, -0.1) is 0 Å². The monoisotopic (exact) mass is 397 g/mol. The zero-order valence-electron chi connectivity index (χ0n) is 16.2. The Kier molecular flexibility index (Phi) is 8.56. The molecule has 1 aromatic carbocycles. The number of hydrogen-bond donors (Lipinski definition) is 1. The van der Waals surface area contributed by atoms with E-state index in [0.29, 0.717) is 5.56 Å². The molecular weight excluding hydrogens is 373 g/mol. The fraction of sp³-hybridized carbons (Fsp3) is 0.474. The lowest BCUT2D eigenvalue weighted by Gasteiger charge is -2.23. The van der Waals surface area contributed by atoms with E-state index in [9.17, 15) is 23.6 Å². The number of ether oxygens (including phenoxy) is 3. The summed E-state index contributed by atoms with van der Waals surface area (Å²) >= 11 is 0. The fourth-order valence-electron chi connectivity index (χ4n) is 2.02. The van der Waals surface area contributed by atoms with E-state index in [2.05, 4.69) is 10.1 Å². The molecule has 1 amide bonds. The van der Waals surface area contributed by atoms with Crippen molar-refractivity contribution in [2.45, 2.75) is 51.6 Å². The molecule has 1 unspecified atom stereocenters. The van der Waals surface area contributed by atoms with Crippen molar-refractivity contribution < 1.29 is 37.8 Å². The molecule has 1 N–H and O–H groups in total. The third kappa shape index (κ3) is 8.15. The first kappa shape index (κ1) is 23.1. The van der Waals surface area contributed by atoms with E-state index in [1.54, 1.807) is 51.1 Å². The maximum atomic E-state index is 14.3. The van der Waals surface area contributed by atoms with Crippen LogP contribution in [0, 0.1) is 0 Å². The number of carbonyl (C=O) groups excluding carboxylic acids is 4. The average Bonchev–Trinajstić information content (AvgIpc) is 2.63. The van der Waals surface area contributed by atoms with Crippen LogP contribution in [0.4, 0.5) is 9.18 Å². The number of rotatable bonds is 8. The van der Waals surface area contributed by atoms with Crippen molar-refractivity contribution in [3.63, 3.8) is 0 Å².